The quantitative estimate of drug-likeness (QED) is 0.504. The Labute approximate surface area is 159 Å². The number of aromatic nitrogens is 4. The van der Waals surface area contributed by atoms with Crippen LogP contribution in [0.15, 0.2) is 56.2 Å². The number of aryl methyl sites for hydroxylation is 1. The number of hydrogen-bond acceptors (Lipinski definition) is 4. The van der Waals surface area contributed by atoms with Crippen molar-refractivity contribution < 1.29 is 0 Å². The van der Waals surface area contributed by atoms with Crippen molar-refractivity contribution >= 4 is 54.2 Å². The van der Waals surface area contributed by atoms with Gasteiger partial charge < -0.3 is 5.32 Å². The summed E-state index contributed by atoms with van der Waals surface area (Å²) in [6.45, 7) is 0.476. The number of rotatable bonds is 3. The van der Waals surface area contributed by atoms with E-state index < -0.39 is 0 Å². The van der Waals surface area contributed by atoms with Crippen molar-refractivity contribution in [3.63, 3.8) is 0 Å². The standard InChI is InChI=1S/C17H13Br2N5O/c1-23-16(25)11-4-2-3-5-14(11)24-15(21-22-17(23)24)9-20-13-7-6-10(18)8-12(13)19/h2-8,20H,9H2,1H3. The molecule has 4 rings (SSSR count). The van der Waals surface area contributed by atoms with Crippen molar-refractivity contribution in [3.8, 4) is 0 Å². The van der Waals surface area contributed by atoms with Crippen LogP contribution in [0.25, 0.3) is 16.7 Å². The summed E-state index contributed by atoms with van der Waals surface area (Å²) in [5.41, 5.74) is 1.68. The molecule has 0 radical (unpaired) electrons. The molecule has 1 N–H and O–H groups in total. The van der Waals surface area contributed by atoms with Crippen LogP contribution in [0.4, 0.5) is 5.69 Å². The lowest BCUT2D eigenvalue weighted by atomic mass is 10.2. The number of para-hydroxylation sites is 1. The van der Waals surface area contributed by atoms with Crippen molar-refractivity contribution in [2.45, 2.75) is 6.54 Å². The van der Waals surface area contributed by atoms with Crippen LogP contribution in [0.1, 0.15) is 5.82 Å². The first kappa shape index (κ1) is 16.3. The van der Waals surface area contributed by atoms with Crippen molar-refractivity contribution in [2.75, 3.05) is 5.32 Å². The number of fused-ring (bicyclic) bond motifs is 3. The molecular formula is C17H13Br2N5O. The van der Waals surface area contributed by atoms with Gasteiger partial charge in [0.25, 0.3) is 5.56 Å². The summed E-state index contributed by atoms with van der Waals surface area (Å²) in [5.74, 6) is 1.26. The van der Waals surface area contributed by atoms with Gasteiger partial charge in [-0.3, -0.25) is 13.8 Å². The molecule has 0 saturated carbocycles. The van der Waals surface area contributed by atoms with E-state index in [0.29, 0.717) is 17.7 Å². The Balaban J connectivity index is 1.82. The minimum Gasteiger partial charge on any atom is -0.377 e. The summed E-state index contributed by atoms with van der Waals surface area (Å²) in [5, 5.41) is 12.5. The molecule has 2 aromatic heterocycles. The van der Waals surface area contributed by atoms with Crippen LogP contribution in [0.5, 0.6) is 0 Å². The van der Waals surface area contributed by atoms with Gasteiger partial charge in [-0.2, -0.15) is 0 Å². The molecule has 25 heavy (non-hydrogen) atoms. The summed E-state index contributed by atoms with van der Waals surface area (Å²) >= 11 is 6.99. The Morgan fingerprint density at radius 1 is 1.12 bits per heavy atom. The van der Waals surface area contributed by atoms with Crippen LogP contribution < -0.4 is 10.9 Å². The molecular weight excluding hydrogens is 450 g/mol. The monoisotopic (exact) mass is 461 g/mol. The van der Waals surface area contributed by atoms with Gasteiger partial charge in [0, 0.05) is 21.7 Å². The molecule has 126 valence electrons. The third-order valence-corrected chi connectivity index (χ3v) is 5.21. The van der Waals surface area contributed by atoms with Gasteiger partial charge in [0.05, 0.1) is 17.4 Å². The van der Waals surface area contributed by atoms with E-state index >= 15 is 0 Å². The molecule has 0 atom stereocenters. The molecule has 0 spiro atoms. The maximum atomic E-state index is 12.5. The van der Waals surface area contributed by atoms with Crippen LogP contribution in [-0.2, 0) is 13.6 Å². The van der Waals surface area contributed by atoms with Crippen LogP contribution in [0, 0.1) is 0 Å². The molecule has 0 aliphatic heterocycles. The van der Waals surface area contributed by atoms with E-state index in [2.05, 4.69) is 47.4 Å². The first-order valence-electron chi connectivity index (χ1n) is 7.57. The van der Waals surface area contributed by atoms with E-state index in [-0.39, 0.29) is 5.56 Å². The van der Waals surface area contributed by atoms with Crippen LogP contribution >= 0.6 is 31.9 Å². The van der Waals surface area contributed by atoms with Crippen molar-refractivity contribution in [1.29, 1.82) is 0 Å². The Hall–Kier alpha value is -2.19. The van der Waals surface area contributed by atoms with Crippen molar-refractivity contribution in [1.82, 2.24) is 19.2 Å². The Kier molecular flexibility index (Phi) is 4.09. The van der Waals surface area contributed by atoms with E-state index in [0.717, 1.165) is 26.0 Å². The topological polar surface area (TPSA) is 64.2 Å². The Bertz CT molecular complexity index is 1170. The van der Waals surface area contributed by atoms with Gasteiger partial charge >= 0.3 is 0 Å². The number of anilines is 1. The normalized spacial score (nSPS) is 11.3. The smallest absolute Gasteiger partial charge is 0.262 e. The minimum atomic E-state index is -0.0781. The fourth-order valence-corrected chi connectivity index (χ4v) is 4.00. The van der Waals surface area contributed by atoms with Gasteiger partial charge in [-0.05, 0) is 46.3 Å². The summed E-state index contributed by atoms with van der Waals surface area (Å²) < 4.78 is 5.39. The molecule has 0 aliphatic rings. The fourth-order valence-electron chi connectivity index (χ4n) is 2.81. The highest BCUT2D eigenvalue weighted by Crippen LogP contribution is 2.26. The fraction of sp³-hybridized carbons (Fsp3) is 0.118. The van der Waals surface area contributed by atoms with E-state index in [1.54, 1.807) is 7.05 Å². The van der Waals surface area contributed by atoms with Gasteiger partial charge in [0.1, 0.15) is 0 Å². The number of nitrogens with one attached hydrogen (secondary N) is 1. The summed E-state index contributed by atoms with van der Waals surface area (Å²) in [6, 6.07) is 13.4. The second-order valence-electron chi connectivity index (χ2n) is 5.61. The number of halogens is 2. The van der Waals surface area contributed by atoms with Gasteiger partial charge in [0.15, 0.2) is 5.82 Å². The van der Waals surface area contributed by atoms with Gasteiger partial charge in [-0.25, -0.2) is 0 Å². The zero-order valence-corrected chi connectivity index (χ0v) is 16.4. The largest absolute Gasteiger partial charge is 0.377 e. The summed E-state index contributed by atoms with van der Waals surface area (Å²) in [4.78, 5) is 12.5. The molecule has 0 amide bonds. The first-order chi connectivity index (χ1) is 12.1. The van der Waals surface area contributed by atoms with Crippen LogP contribution in [-0.4, -0.2) is 19.2 Å². The maximum Gasteiger partial charge on any atom is 0.262 e. The SMILES string of the molecule is Cn1c(=O)c2ccccc2n2c(CNc3ccc(Br)cc3Br)nnc12. The third-order valence-electron chi connectivity index (χ3n) is 4.06. The predicted molar refractivity (Wildman–Crippen MR) is 105 cm³/mol. The molecule has 6 nitrogen and oxygen atoms in total. The number of hydrogen-bond donors (Lipinski definition) is 1. The zero-order chi connectivity index (χ0) is 17.6. The first-order valence-corrected chi connectivity index (χ1v) is 9.15. The summed E-state index contributed by atoms with van der Waals surface area (Å²) in [7, 11) is 1.71. The van der Waals surface area contributed by atoms with Gasteiger partial charge in [-0.15, -0.1) is 10.2 Å². The molecule has 2 heterocycles. The van der Waals surface area contributed by atoms with Crippen molar-refractivity contribution in [2.24, 2.45) is 7.05 Å². The molecule has 0 saturated heterocycles. The second kappa shape index (κ2) is 6.27. The van der Waals surface area contributed by atoms with Gasteiger partial charge in [0.2, 0.25) is 5.78 Å². The molecule has 0 aliphatic carbocycles. The third kappa shape index (κ3) is 2.75. The molecule has 8 heteroatoms. The van der Waals surface area contributed by atoms with E-state index in [1.165, 1.54) is 4.57 Å². The second-order valence-corrected chi connectivity index (χ2v) is 7.38. The number of benzene rings is 2. The molecule has 4 aromatic rings. The average Bonchev–Trinajstić information content (AvgIpc) is 3.03. The maximum absolute atomic E-state index is 12.5. The lowest BCUT2D eigenvalue weighted by molar-refractivity contribution is 0.855. The Morgan fingerprint density at radius 3 is 2.72 bits per heavy atom. The Morgan fingerprint density at radius 2 is 1.92 bits per heavy atom. The summed E-state index contributed by atoms with van der Waals surface area (Å²) in [6.07, 6.45) is 0. The zero-order valence-electron chi connectivity index (χ0n) is 13.2. The van der Waals surface area contributed by atoms with E-state index in [1.807, 2.05) is 46.9 Å². The van der Waals surface area contributed by atoms with E-state index in [9.17, 15) is 4.79 Å². The average molecular weight is 463 g/mol. The molecule has 0 fully saturated rings. The lowest BCUT2D eigenvalue weighted by Gasteiger charge is -2.10. The number of nitrogens with zero attached hydrogens (tertiary/aromatic N) is 4. The van der Waals surface area contributed by atoms with Crippen molar-refractivity contribution in [3.05, 3.63) is 67.6 Å². The van der Waals surface area contributed by atoms with Crippen LogP contribution in [0.2, 0.25) is 0 Å². The van der Waals surface area contributed by atoms with E-state index in [4.69, 9.17) is 0 Å². The predicted octanol–water partition coefficient (Wildman–Crippen LogP) is 3.72. The highest BCUT2D eigenvalue weighted by atomic mass is 79.9. The minimum absolute atomic E-state index is 0.0781. The van der Waals surface area contributed by atoms with Crippen LogP contribution in [0.3, 0.4) is 0 Å². The molecule has 0 bridgehead atoms. The lowest BCUT2D eigenvalue weighted by Crippen LogP contribution is -2.20. The molecule has 0 unspecified atom stereocenters. The molecule has 2 aromatic carbocycles. The highest BCUT2D eigenvalue weighted by Gasteiger charge is 2.14. The van der Waals surface area contributed by atoms with Gasteiger partial charge in [-0.1, -0.05) is 28.1 Å². The highest BCUT2D eigenvalue weighted by molar-refractivity contribution is 9.11.